The molecule has 106 valence electrons. The molecule has 1 N–H and O–H groups in total. The van der Waals surface area contributed by atoms with Gasteiger partial charge in [-0.05, 0) is 50.3 Å². The third kappa shape index (κ3) is 3.83. The third-order valence-corrected chi connectivity index (χ3v) is 4.43. The van der Waals surface area contributed by atoms with Gasteiger partial charge in [-0.2, -0.15) is 0 Å². The first-order valence-corrected chi connectivity index (χ1v) is 7.87. The molecule has 1 heterocycles. The molecule has 2 saturated carbocycles. The van der Waals surface area contributed by atoms with E-state index in [4.69, 9.17) is 4.42 Å². The minimum atomic E-state index is 0.749. The number of hydrogen-bond donors (Lipinski definition) is 1. The molecule has 0 atom stereocenters. The van der Waals surface area contributed by atoms with E-state index in [1.807, 2.05) is 0 Å². The second kappa shape index (κ2) is 6.10. The molecule has 1 aromatic rings. The maximum Gasteiger partial charge on any atom is 0.118 e. The highest BCUT2D eigenvalue weighted by molar-refractivity contribution is 5.07. The first kappa shape index (κ1) is 13.2. The summed E-state index contributed by atoms with van der Waals surface area (Å²) in [7, 11) is 0. The van der Waals surface area contributed by atoms with Crippen LogP contribution in [0.1, 0.15) is 50.5 Å². The van der Waals surface area contributed by atoms with Crippen molar-refractivity contribution in [3.05, 3.63) is 23.7 Å². The first-order valence-electron chi connectivity index (χ1n) is 7.87. The molecule has 2 aliphatic rings. The van der Waals surface area contributed by atoms with Crippen LogP contribution in [0.4, 0.5) is 0 Å². The Morgan fingerprint density at radius 1 is 1.21 bits per heavy atom. The SMILES string of the molecule is CCN(Cc1ccc(CNC2CC2)o1)CC1CCC1. The number of nitrogens with one attached hydrogen (secondary N) is 1. The summed E-state index contributed by atoms with van der Waals surface area (Å²) in [5.74, 6) is 3.14. The van der Waals surface area contributed by atoms with E-state index in [0.29, 0.717) is 0 Å². The fourth-order valence-corrected chi connectivity index (χ4v) is 2.70. The summed E-state index contributed by atoms with van der Waals surface area (Å²) in [5.41, 5.74) is 0. The minimum absolute atomic E-state index is 0.749. The number of nitrogens with zero attached hydrogens (tertiary/aromatic N) is 1. The molecule has 0 amide bonds. The summed E-state index contributed by atoms with van der Waals surface area (Å²) in [4.78, 5) is 2.51. The van der Waals surface area contributed by atoms with Crippen molar-refractivity contribution < 1.29 is 4.42 Å². The molecule has 2 fully saturated rings. The molecule has 0 aliphatic heterocycles. The van der Waals surface area contributed by atoms with E-state index in [0.717, 1.165) is 43.1 Å². The Balaban J connectivity index is 1.46. The van der Waals surface area contributed by atoms with E-state index in [-0.39, 0.29) is 0 Å². The standard InChI is InChI=1S/C16H26N2O/c1-2-18(11-13-4-3-5-13)12-16-9-8-15(19-16)10-17-14-6-7-14/h8-9,13-14,17H,2-7,10-12H2,1H3. The molecule has 0 unspecified atom stereocenters. The number of rotatable bonds is 8. The Labute approximate surface area is 116 Å². The maximum atomic E-state index is 5.92. The highest BCUT2D eigenvalue weighted by Gasteiger charge is 2.22. The highest BCUT2D eigenvalue weighted by atomic mass is 16.3. The zero-order valence-corrected chi connectivity index (χ0v) is 12.0. The monoisotopic (exact) mass is 262 g/mol. The van der Waals surface area contributed by atoms with Gasteiger partial charge in [-0.1, -0.05) is 13.3 Å². The van der Waals surface area contributed by atoms with Crippen molar-refractivity contribution in [2.75, 3.05) is 13.1 Å². The topological polar surface area (TPSA) is 28.4 Å². The van der Waals surface area contributed by atoms with Crippen LogP contribution >= 0.6 is 0 Å². The first-order chi connectivity index (χ1) is 9.33. The molecular formula is C16H26N2O. The van der Waals surface area contributed by atoms with Gasteiger partial charge in [-0.3, -0.25) is 4.90 Å². The Morgan fingerprint density at radius 2 is 2.00 bits per heavy atom. The van der Waals surface area contributed by atoms with Gasteiger partial charge in [0, 0.05) is 12.6 Å². The number of hydrogen-bond acceptors (Lipinski definition) is 3. The molecule has 1 aromatic heterocycles. The molecule has 19 heavy (non-hydrogen) atoms. The van der Waals surface area contributed by atoms with E-state index in [1.165, 1.54) is 38.6 Å². The normalized spacial score (nSPS) is 19.9. The second-order valence-corrected chi connectivity index (χ2v) is 6.15. The molecule has 2 aliphatic carbocycles. The van der Waals surface area contributed by atoms with Crippen LogP contribution < -0.4 is 5.32 Å². The van der Waals surface area contributed by atoms with Crippen LogP contribution in [-0.4, -0.2) is 24.0 Å². The van der Waals surface area contributed by atoms with Crippen LogP contribution in [0.5, 0.6) is 0 Å². The van der Waals surface area contributed by atoms with Crippen LogP contribution in [-0.2, 0) is 13.1 Å². The summed E-state index contributed by atoms with van der Waals surface area (Å²) in [6.45, 7) is 6.47. The van der Waals surface area contributed by atoms with E-state index in [2.05, 4.69) is 29.3 Å². The second-order valence-electron chi connectivity index (χ2n) is 6.15. The fraction of sp³-hybridized carbons (Fsp3) is 0.750. The Kier molecular flexibility index (Phi) is 4.24. The molecule has 3 rings (SSSR count). The average molecular weight is 262 g/mol. The van der Waals surface area contributed by atoms with Crippen molar-refractivity contribution in [1.29, 1.82) is 0 Å². The van der Waals surface area contributed by atoms with Crippen LogP contribution in [0.25, 0.3) is 0 Å². The smallest absolute Gasteiger partial charge is 0.118 e. The lowest BCUT2D eigenvalue weighted by Gasteiger charge is -2.31. The summed E-state index contributed by atoms with van der Waals surface area (Å²) < 4.78 is 5.92. The molecule has 0 spiro atoms. The lowest BCUT2D eigenvalue weighted by Crippen LogP contribution is -2.31. The average Bonchev–Trinajstić information content (AvgIpc) is 3.09. The van der Waals surface area contributed by atoms with E-state index >= 15 is 0 Å². The van der Waals surface area contributed by atoms with Crippen molar-refractivity contribution in [3.63, 3.8) is 0 Å². The van der Waals surface area contributed by atoms with Gasteiger partial charge >= 0.3 is 0 Å². The molecule has 0 saturated heterocycles. The van der Waals surface area contributed by atoms with Gasteiger partial charge < -0.3 is 9.73 Å². The quantitative estimate of drug-likeness (QED) is 0.780. The van der Waals surface area contributed by atoms with Crippen molar-refractivity contribution in [2.45, 2.75) is 58.2 Å². The van der Waals surface area contributed by atoms with Gasteiger partial charge in [0.05, 0.1) is 13.1 Å². The van der Waals surface area contributed by atoms with Crippen LogP contribution in [0.2, 0.25) is 0 Å². The van der Waals surface area contributed by atoms with Gasteiger partial charge in [-0.25, -0.2) is 0 Å². The van der Waals surface area contributed by atoms with Gasteiger partial charge in [0.2, 0.25) is 0 Å². The summed E-state index contributed by atoms with van der Waals surface area (Å²) in [5, 5.41) is 3.50. The predicted molar refractivity (Wildman–Crippen MR) is 76.9 cm³/mol. The van der Waals surface area contributed by atoms with Crippen molar-refractivity contribution in [2.24, 2.45) is 5.92 Å². The van der Waals surface area contributed by atoms with Crippen LogP contribution in [0, 0.1) is 5.92 Å². The Bertz CT molecular complexity index is 393. The van der Waals surface area contributed by atoms with E-state index in [1.54, 1.807) is 0 Å². The molecule has 3 heteroatoms. The van der Waals surface area contributed by atoms with Crippen molar-refractivity contribution in [1.82, 2.24) is 10.2 Å². The summed E-state index contributed by atoms with van der Waals surface area (Å²) in [6, 6.07) is 5.02. The van der Waals surface area contributed by atoms with Gasteiger partial charge in [0.1, 0.15) is 11.5 Å². The zero-order valence-electron chi connectivity index (χ0n) is 12.0. The van der Waals surface area contributed by atoms with E-state index < -0.39 is 0 Å². The van der Waals surface area contributed by atoms with Crippen molar-refractivity contribution >= 4 is 0 Å². The van der Waals surface area contributed by atoms with Crippen molar-refractivity contribution in [3.8, 4) is 0 Å². The summed E-state index contributed by atoms with van der Waals surface area (Å²) in [6.07, 6.45) is 6.94. The molecule has 0 bridgehead atoms. The predicted octanol–water partition coefficient (Wildman–Crippen LogP) is 3.15. The maximum absolute atomic E-state index is 5.92. The molecule has 0 radical (unpaired) electrons. The Hall–Kier alpha value is -0.800. The van der Waals surface area contributed by atoms with E-state index in [9.17, 15) is 0 Å². The van der Waals surface area contributed by atoms with Crippen LogP contribution in [0.15, 0.2) is 16.5 Å². The molecular weight excluding hydrogens is 236 g/mol. The van der Waals surface area contributed by atoms with Gasteiger partial charge in [0.25, 0.3) is 0 Å². The lowest BCUT2D eigenvalue weighted by atomic mass is 9.85. The highest BCUT2D eigenvalue weighted by Crippen LogP contribution is 2.27. The zero-order chi connectivity index (χ0) is 13.1. The third-order valence-electron chi connectivity index (χ3n) is 4.43. The number of furan rings is 1. The Morgan fingerprint density at radius 3 is 2.63 bits per heavy atom. The minimum Gasteiger partial charge on any atom is -0.463 e. The largest absolute Gasteiger partial charge is 0.463 e. The molecule has 0 aromatic carbocycles. The van der Waals surface area contributed by atoms with Crippen LogP contribution in [0.3, 0.4) is 0 Å². The molecule has 3 nitrogen and oxygen atoms in total. The summed E-state index contributed by atoms with van der Waals surface area (Å²) >= 11 is 0. The van der Waals surface area contributed by atoms with Gasteiger partial charge in [0.15, 0.2) is 0 Å². The lowest BCUT2D eigenvalue weighted by molar-refractivity contribution is 0.168. The van der Waals surface area contributed by atoms with Gasteiger partial charge in [-0.15, -0.1) is 0 Å². The fourth-order valence-electron chi connectivity index (χ4n) is 2.70.